The van der Waals surface area contributed by atoms with Gasteiger partial charge in [0, 0.05) is 22.8 Å². The number of anilines is 1. The van der Waals surface area contributed by atoms with Crippen molar-refractivity contribution in [2.24, 2.45) is 0 Å². The van der Waals surface area contributed by atoms with Gasteiger partial charge in [0.05, 0.1) is 5.52 Å². The topological polar surface area (TPSA) is 24.9 Å². The first kappa shape index (κ1) is 13.3. The highest BCUT2D eigenvalue weighted by Crippen LogP contribution is 2.35. The van der Waals surface area contributed by atoms with Crippen LogP contribution in [-0.4, -0.2) is 4.98 Å². The summed E-state index contributed by atoms with van der Waals surface area (Å²) < 4.78 is 0. The summed E-state index contributed by atoms with van der Waals surface area (Å²) >= 11 is 0. The van der Waals surface area contributed by atoms with Gasteiger partial charge in [-0.1, -0.05) is 48.5 Å². The van der Waals surface area contributed by atoms with Crippen LogP contribution in [0, 0.1) is 0 Å². The van der Waals surface area contributed by atoms with Gasteiger partial charge in [-0.25, -0.2) is 0 Å². The van der Waals surface area contributed by atoms with Crippen molar-refractivity contribution in [1.29, 1.82) is 0 Å². The molecule has 0 amide bonds. The van der Waals surface area contributed by atoms with Crippen molar-refractivity contribution in [3.05, 3.63) is 71.4 Å². The zero-order chi connectivity index (χ0) is 14.9. The first-order valence-corrected chi connectivity index (χ1v) is 8.05. The van der Waals surface area contributed by atoms with Gasteiger partial charge in [0.25, 0.3) is 0 Å². The van der Waals surface area contributed by atoms with Crippen molar-refractivity contribution < 1.29 is 0 Å². The summed E-state index contributed by atoms with van der Waals surface area (Å²) in [6.45, 7) is 2.23. The summed E-state index contributed by atoms with van der Waals surface area (Å²) in [5.74, 6) is 0. The molecule has 1 heterocycles. The highest BCUT2D eigenvalue weighted by molar-refractivity contribution is 5.93. The third-order valence-electron chi connectivity index (χ3n) is 4.58. The molecule has 1 aliphatic carbocycles. The Balaban J connectivity index is 1.81. The van der Waals surface area contributed by atoms with Crippen LogP contribution in [0.3, 0.4) is 0 Å². The minimum atomic E-state index is 0.289. The van der Waals surface area contributed by atoms with Crippen molar-refractivity contribution in [1.82, 2.24) is 4.98 Å². The van der Waals surface area contributed by atoms with E-state index in [1.807, 2.05) is 0 Å². The molecule has 0 bridgehead atoms. The van der Waals surface area contributed by atoms with Crippen molar-refractivity contribution >= 4 is 16.6 Å². The Hall–Kier alpha value is -2.35. The summed E-state index contributed by atoms with van der Waals surface area (Å²) in [6, 6.07) is 19.4. The third-order valence-corrected chi connectivity index (χ3v) is 4.58. The number of aromatic nitrogens is 1. The van der Waals surface area contributed by atoms with Crippen LogP contribution >= 0.6 is 0 Å². The molecule has 2 heteroatoms. The van der Waals surface area contributed by atoms with Crippen LogP contribution in [0.1, 0.15) is 36.2 Å². The highest BCUT2D eigenvalue weighted by atomic mass is 14.9. The predicted octanol–water partition coefficient (Wildman–Crippen LogP) is 4.90. The molecule has 0 spiro atoms. The SMILES string of the molecule is CC(Nc1c2c(nc3ccccc13)CCC2)c1ccccc1. The fraction of sp³-hybridized carbons (Fsp3) is 0.250. The molecule has 2 nitrogen and oxygen atoms in total. The molecule has 4 rings (SSSR count). The smallest absolute Gasteiger partial charge is 0.0726 e. The van der Waals surface area contributed by atoms with Gasteiger partial charge < -0.3 is 5.32 Å². The molecular formula is C20H20N2. The Morgan fingerprint density at radius 3 is 2.59 bits per heavy atom. The fourth-order valence-corrected chi connectivity index (χ4v) is 3.42. The van der Waals surface area contributed by atoms with E-state index in [1.165, 1.54) is 34.3 Å². The Morgan fingerprint density at radius 2 is 1.73 bits per heavy atom. The fourth-order valence-electron chi connectivity index (χ4n) is 3.42. The predicted molar refractivity (Wildman–Crippen MR) is 92.2 cm³/mol. The molecule has 0 aliphatic heterocycles. The van der Waals surface area contributed by atoms with Gasteiger partial charge in [-0.15, -0.1) is 0 Å². The lowest BCUT2D eigenvalue weighted by atomic mass is 10.0. The highest BCUT2D eigenvalue weighted by Gasteiger charge is 2.20. The van der Waals surface area contributed by atoms with E-state index in [-0.39, 0.29) is 6.04 Å². The van der Waals surface area contributed by atoms with Gasteiger partial charge in [-0.05, 0) is 43.4 Å². The van der Waals surface area contributed by atoms with E-state index in [1.54, 1.807) is 0 Å². The normalized spacial score (nSPS) is 14.8. The number of pyridine rings is 1. The lowest BCUT2D eigenvalue weighted by Crippen LogP contribution is -2.09. The molecule has 0 fully saturated rings. The minimum Gasteiger partial charge on any atom is -0.378 e. The van der Waals surface area contributed by atoms with Gasteiger partial charge in [0.1, 0.15) is 0 Å². The molecule has 1 N–H and O–H groups in total. The van der Waals surface area contributed by atoms with E-state index >= 15 is 0 Å². The van der Waals surface area contributed by atoms with Crippen LogP contribution in [0.25, 0.3) is 10.9 Å². The number of aryl methyl sites for hydroxylation is 1. The second-order valence-electron chi connectivity index (χ2n) is 6.06. The molecule has 2 aromatic carbocycles. The van der Waals surface area contributed by atoms with Crippen LogP contribution < -0.4 is 5.32 Å². The van der Waals surface area contributed by atoms with E-state index in [9.17, 15) is 0 Å². The van der Waals surface area contributed by atoms with Crippen molar-refractivity contribution in [3.63, 3.8) is 0 Å². The number of hydrogen-bond donors (Lipinski definition) is 1. The first-order valence-electron chi connectivity index (χ1n) is 8.05. The van der Waals surface area contributed by atoms with E-state index in [4.69, 9.17) is 4.98 Å². The minimum absolute atomic E-state index is 0.289. The van der Waals surface area contributed by atoms with E-state index < -0.39 is 0 Å². The van der Waals surface area contributed by atoms with Gasteiger partial charge in [-0.3, -0.25) is 4.98 Å². The summed E-state index contributed by atoms with van der Waals surface area (Å²) in [7, 11) is 0. The summed E-state index contributed by atoms with van der Waals surface area (Å²) in [5.41, 5.74) is 6.40. The van der Waals surface area contributed by atoms with Gasteiger partial charge in [0.15, 0.2) is 0 Å². The van der Waals surface area contributed by atoms with Crippen molar-refractivity contribution in [2.75, 3.05) is 5.32 Å². The Morgan fingerprint density at radius 1 is 0.955 bits per heavy atom. The third kappa shape index (κ3) is 2.25. The van der Waals surface area contributed by atoms with E-state index in [2.05, 4.69) is 66.8 Å². The maximum Gasteiger partial charge on any atom is 0.0726 e. The van der Waals surface area contributed by atoms with Gasteiger partial charge in [-0.2, -0.15) is 0 Å². The number of rotatable bonds is 3. The molecule has 1 aliphatic rings. The zero-order valence-corrected chi connectivity index (χ0v) is 12.8. The number of hydrogen-bond acceptors (Lipinski definition) is 2. The van der Waals surface area contributed by atoms with E-state index in [0.29, 0.717) is 0 Å². The molecular weight excluding hydrogens is 268 g/mol. The van der Waals surface area contributed by atoms with Crippen molar-refractivity contribution in [2.45, 2.75) is 32.2 Å². The molecule has 1 aromatic heterocycles. The van der Waals surface area contributed by atoms with Crippen LogP contribution in [0.5, 0.6) is 0 Å². The molecule has 0 saturated carbocycles. The lowest BCUT2D eigenvalue weighted by molar-refractivity contribution is 0.877. The van der Waals surface area contributed by atoms with Crippen LogP contribution in [0.4, 0.5) is 5.69 Å². The molecule has 110 valence electrons. The van der Waals surface area contributed by atoms with E-state index in [0.717, 1.165) is 18.4 Å². The monoisotopic (exact) mass is 288 g/mol. The van der Waals surface area contributed by atoms with Crippen LogP contribution in [0.2, 0.25) is 0 Å². The molecule has 3 aromatic rings. The second-order valence-corrected chi connectivity index (χ2v) is 6.06. The Labute approximate surface area is 131 Å². The maximum absolute atomic E-state index is 4.86. The number of fused-ring (bicyclic) bond motifs is 2. The Kier molecular flexibility index (Phi) is 3.30. The number of benzene rings is 2. The van der Waals surface area contributed by atoms with Crippen LogP contribution in [0.15, 0.2) is 54.6 Å². The molecule has 0 saturated heterocycles. The van der Waals surface area contributed by atoms with Gasteiger partial charge in [0.2, 0.25) is 0 Å². The van der Waals surface area contributed by atoms with Gasteiger partial charge >= 0.3 is 0 Å². The lowest BCUT2D eigenvalue weighted by Gasteiger charge is -2.20. The summed E-state index contributed by atoms with van der Waals surface area (Å²) in [6.07, 6.45) is 3.46. The Bertz CT molecular complexity index is 809. The molecule has 1 unspecified atom stereocenters. The maximum atomic E-state index is 4.86. The summed E-state index contributed by atoms with van der Waals surface area (Å²) in [4.78, 5) is 4.86. The second kappa shape index (κ2) is 5.45. The number of para-hydroxylation sites is 1. The number of nitrogens with one attached hydrogen (secondary N) is 1. The molecule has 22 heavy (non-hydrogen) atoms. The first-order chi connectivity index (χ1) is 10.8. The van der Waals surface area contributed by atoms with Crippen LogP contribution in [-0.2, 0) is 12.8 Å². The van der Waals surface area contributed by atoms with Crippen molar-refractivity contribution in [3.8, 4) is 0 Å². The quantitative estimate of drug-likeness (QED) is 0.741. The average Bonchev–Trinajstić information content (AvgIpc) is 3.03. The zero-order valence-electron chi connectivity index (χ0n) is 12.8. The summed E-state index contributed by atoms with van der Waals surface area (Å²) in [5, 5.41) is 5.00. The standard InChI is InChI=1S/C20H20N2/c1-14(15-8-3-2-4-9-15)21-20-16-10-5-6-12-18(16)22-19-13-7-11-17(19)20/h2-6,8-10,12,14H,7,11,13H2,1H3,(H,21,22). The number of nitrogens with zero attached hydrogens (tertiary/aromatic N) is 1. The molecule has 1 atom stereocenters. The largest absolute Gasteiger partial charge is 0.378 e. The molecule has 0 radical (unpaired) electrons. The average molecular weight is 288 g/mol.